The lowest BCUT2D eigenvalue weighted by Gasteiger charge is -2.30. The number of hydrogen-bond donors (Lipinski definition) is 2. The smallest absolute Gasteiger partial charge is 0.338 e. The van der Waals surface area contributed by atoms with Crippen molar-refractivity contribution in [1.29, 1.82) is 0 Å². The minimum absolute atomic E-state index is 0.0914. The van der Waals surface area contributed by atoms with E-state index in [1.165, 1.54) is 16.7 Å². The number of methoxy groups -OCH3 is 1. The molecule has 0 unspecified atom stereocenters. The Bertz CT molecular complexity index is 1140. The van der Waals surface area contributed by atoms with E-state index in [1.54, 1.807) is 14.0 Å². The number of benzene rings is 2. The Hall–Kier alpha value is -3.06. The minimum Gasteiger partial charge on any atom is -0.493 e. The number of ether oxygens (including phenoxy) is 3. The predicted molar refractivity (Wildman–Crippen MR) is 143 cm³/mol. The molecule has 0 saturated heterocycles. The molecule has 0 spiro atoms. The number of rotatable bonds is 7. The second-order valence-electron chi connectivity index (χ2n) is 9.83. The molecule has 1 heterocycles. The molecule has 35 heavy (non-hydrogen) atoms. The summed E-state index contributed by atoms with van der Waals surface area (Å²) in [7, 11) is 1.61. The maximum Gasteiger partial charge on any atom is 0.338 e. The van der Waals surface area contributed by atoms with Crippen LogP contribution in [0.25, 0.3) is 0 Å². The van der Waals surface area contributed by atoms with Gasteiger partial charge in [-0.15, -0.1) is 0 Å². The van der Waals surface area contributed by atoms with Crippen molar-refractivity contribution < 1.29 is 19.0 Å². The van der Waals surface area contributed by atoms with Crippen LogP contribution in [0.5, 0.6) is 11.5 Å². The van der Waals surface area contributed by atoms with Gasteiger partial charge in [0.2, 0.25) is 0 Å². The zero-order valence-electron chi connectivity index (χ0n) is 21.9. The van der Waals surface area contributed by atoms with Gasteiger partial charge >= 0.3 is 5.97 Å². The maximum absolute atomic E-state index is 12.7. The maximum atomic E-state index is 12.7. The molecule has 3 rings (SSSR count). The quantitative estimate of drug-likeness (QED) is 0.385. The Labute approximate surface area is 214 Å². The second-order valence-corrected chi connectivity index (χ2v) is 10.2. The molecule has 0 amide bonds. The van der Waals surface area contributed by atoms with Crippen molar-refractivity contribution in [2.75, 3.05) is 13.7 Å². The molecular formula is C28H36N2O4S. The minimum atomic E-state index is -0.458. The van der Waals surface area contributed by atoms with Crippen LogP contribution in [0.3, 0.4) is 0 Å². The number of hydrogen-bond acceptors (Lipinski definition) is 5. The van der Waals surface area contributed by atoms with Crippen molar-refractivity contribution in [3.05, 3.63) is 69.4 Å². The van der Waals surface area contributed by atoms with Gasteiger partial charge in [0.15, 0.2) is 16.6 Å². The Morgan fingerprint density at radius 1 is 1.06 bits per heavy atom. The highest BCUT2D eigenvalue weighted by Gasteiger charge is 2.31. The predicted octanol–water partition coefficient (Wildman–Crippen LogP) is 5.54. The molecule has 2 aromatic rings. The fourth-order valence-corrected chi connectivity index (χ4v) is 4.48. The molecule has 2 aromatic carbocycles. The van der Waals surface area contributed by atoms with Crippen molar-refractivity contribution in [2.24, 2.45) is 0 Å². The van der Waals surface area contributed by atoms with Gasteiger partial charge in [-0.1, -0.05) is 39.0 Å². The SMILES string of the molecule is CCOC(=O)C1=C(C)NC(=S)N[C@H]1c1ccc(OCc2c(C)cc(C(C)(C)C)cc2C)c(OC)c1. The summed E-state index contributed by atoms with van der Waals surface area (Å²) in [6.07, 6.45) is 0. The van der Waals surface area contributed by atoms with E-state index in [0.29, 0.717) is 41.1 Å². The highest BCUT2D eigenvalue weighted by molar-refractivity contribution is 7.80. The van der Waals surface area contributed by atoms with Gasteiger partial charge in [-0.3, -0.25) is 0 Å². The Kier molecular flexibility index (Phi) is 8.11. The Morgan fingerprint density at radius 2 is 1.71 bits per heavy atom. The normalized spacial score (nSPS) is 15.9. The van der Waals surface area contributed by atoms with Crippen LogP contribution in [-0.2, 0) is 21.6 Å². The van der Waals surface area contributed by atoms with Gasteiger partial charge in [0.25, 0.3) is 0 Å². The van der Waals surface area contributed by atoms with E-state index in [2.05, 4.69) is 57.4 Å². The van der Waals surface area contributed by atoms with Gasteiger partial charge in [-0.25, -0.2) is 4.79 Å². The largest absolute Gasteiger partial charge is 0.493 e. The van der Waals surface area contributed by atoms with Crippen LogP contribution in [0.4, 0.5) is 0 Å². The topological polar surface area (TPSA) is 68.8 Å². The summed E-state index contributed by atoms with van der Waals surface area (Å²) in [6.45, 7) is 15.2. The summed E-state index contributed by atoms with van der Waals surface area (Å²) in [4.78, 5) is 12.7. The lowest BCUT2D eigenvalue weighted by molar-refractivity contribution is -0.139. The van der Waals surface area contributed by atoms with Gasteiger partial charge in [0.1, 0.15) is 6.61 Å². The molecule has 0 fully saturated rings. The number of thiocarbonyl (C=S) groups is 1. The molecule has 0 aliphatic carbocycles. The summed E-state index contributed by atoms with van der Waals surface area (Å²) in [5, 5.41) is 6.64. The van der Waals surface area contributed by atoms with Gasteiger partial charge in [0, 0.05) is 5.70 Å². The van der Waals surface area contributed by atoms with Crippen LogP contribution >= 0.6 is 12.2 Å². The van der Waals surface area contributed by atoms with Crippen molar-refractivity contribution >= 4 is 23.3 Å². The van der Waals surface area contributed by atoms with E-state index in [0.717, 1.165) is 11.1 Å². The fraction of sp³-hybridized carbons (Fsp3) is 0.429. The van der Waals surface area contributed by atoms with E-state index < -0.39 is 6.04 Å². The number of nitrogens with one attached hydrogen (secondary N) is 2. The van der Waals surface area contributed by atoms with E-state index in [4.69, 9.17) is 26.4 Å². The first kappa shape index (κ1) is 26.5. The zero-order valence-corrected chi connectivity index (χ0v) is 22.7. The van der Waals surface area contributed by atoms with Crippen molar-refractivity contribution in [2.45, 2.75) is 66.5 Å². The number of carbonyl (C=O) groups excluding carboxylic acids is 1. The average molecular weight is 497 g/mol. The Morgan fingerprint density at radius 3 is 2.29 bits per heavy atom. The van der Waals surface area contributed by atoms with Crippen LogP contribution < -0.4 is 20.1 Å². The van der Waals surface area contributed by atoms with E-state index in [9.17, 15) is 4.79 Å². The first-order valence-corrected chi connectivity index (χ1v) is 12.2. The number of carbonyl (C=O) groups is 1. The number of allylic oxidation sites excluding steroid dienone is 1. The molecular weight excluding hydrogens is 460 g/mol. The summed E-state index contributed by atoms with van der Waals surface area (Å²) in [5.41, 5.74) is 6.96. The molecule has 0 saturated carbocycles. The van der Waals surface area contributed by atoms with E-state index >= 15 is 0 Å². The lowest BCUT2D eigenvalue weighted by atomic mass is 9.84. The van der Waals surface area contributed by atoms with Crippen LogP contribution in [0.1, 0.15) is 68.5 Å². The summed E-state index contributed by atoms with van der Waals surface area (Å²) < 4.78 is 17.1. The van der Waals surface area contributed by atoms with Crippen LogP contribution in [0.2, 0.25) is 0 Å². The molecule has 0 aromatic heterocycles. The van der Waals surface area contributed by atoms with Crippen molar-refractivity contribution in [1.82, 2.24) is 10.6 Å². The lowest BCUT2D eigenvalue weighted by Crippen LogP contribution is -2.45. The van der Waals surface area contributed by atoms with Gasteiger partial charge in [-0.05, 0) is 85.3 Å². The van der Waals surface area contributed by atoms with E-state index in [1.807, 2.05) is 25.1 Å². The highest BCUT2D eigenvalue weighted by Crippen LogP contribution is 2.35. The van der Waals surface area contributed by atoms with Crippen LogP contribution in [-0.4, -0.2) is 24.8 Å². The number of aryl methyl sites for hydroxylation is 2. The zero-order chi connectivity index (χ0) is 25.9. The molecule has 1 aliphatic rings. The van der Waals surface area contributed by atoms with Gasteiger partial charge in [0.05, 0.1) is 25.3 Å². The van der Waals surface area contributed by atoms with Gasteiger partial charge in [-0.2, -0.15) is 0 Å². The van der Waals surface area contributed by atoms with Crippen LogP contribution in [0, 0.1) is 13.8 Å². The molecule has 1 aliphatic heterocycles. The highest BCUT2D eigenvalue weighted by atomic mass is 32.1. The van der Waals surface area contributed by atoms with Crippen LogP contribution in [0.15, 0.2) is 41.6 Å². The molecule has 188 valence electrons. The Balaban J connectivity index is 1.88. The summed E-state index contributed by atoms with van der Waals surface area (Å²) >= 11 is 5.34. The molecule has 1 atom stereocenters. The third kappa shape index (κ3) is 5.96. The average Bonchev–Trinajstić information content (AvgIpc) is 2.77. The van der Waals surface area contributed by atoms with E-state index in [-0.39, 0.29) is 11.4 Å². The summed E-state index contributed by atoms with van der Waals surface area (Å²) in [5.74, 6) is 0.822. The molecule has 0 radical (unpaired) electrons. The molecule has 2 N–H and O–H groups in total. The summed E-state index contributed by atoms with van der Waals surface area (Å²) in [6, 6.07) is 9.67. The molecule has 6 nitrogen and oxygen atoms in total. The second kappa shape index (κ2) is 10.7. The fourth-order valence-electron chi connectivity index (χ4n) is 4.21. The molecule has 7 heteroatoms. The van der Waals surface area contributed by atoms with Gasteiger partial charge < -0.3 is 24.8 Å². The third-order valence-corrected chi connectivity index (χ3v) is 6.44. The third-order valence-electron chi connectivity index (χ3n) is 6.22. The monoisotopic (exact) mass is 496 g/mol. The number of esters is 1. The standard InChI is InChI=1S/C28H36N2O4S/c1-9-33-26(31)24-18(4)29-27(35)30-25(24)19-10-11-22(23(14-19)32-8)34-15-21-16(2)12-20(13-17(21)3)28(5,6)7/h10-14,25H,9,15H2,1-8H3,(H2,29,30,35)/t25-/m0/s1. The van der Waals surface area contributed by atoms with Crippen molar-refractivity contribution in [3.8, 4) is 11.5 Å². The first-order chi connectivity index (χ1) is 16.5. The van der Waals surface area contributed by atoms with Crippen molar-refractivity contribution in [3.63, 3.8) is 0 Å². The molecule has 0 bridgehead atoms. The first-order valence-electron chi connectivity index (χ1n) is 11.8.